The monoisotopic (exact) mass is 312 g/mol. The Balaban J connectivity index is 2.21. The van der Waals surface area contributed by atoms with Crippen LogP contribution in [0.4, 0.5) is 0 Å². The number of ketones is 1. The highest BCUT2D eigenvalue weighted by Gasteiger charge is 2.52. The zero-order valence-corrected chi connectivity index (χ0v) is 14.3. The van der Waals surface area contributed by atoms with Gasteiger partial charge >= 0.3 is 5.97 Å². The van der Waals surface area contributed by atoms with Crippen molar-refractivity contribution in [1.82, 2.24) is 0 Å². The first-order chi connectivity index (χ1) is 10.3. The largest absolute Gasteiger partial charge is 0.469 e. The minimum absolute atomic E-state index is 0.153. The van der Waals surface area contributed by atoms with E-state index in [9.17, 15) is 9.59 Å². The molecule has 2 heterocycles. The van der Waals surface area contributed by atoms with E-state index < -0.39 is 11.9 Å². The van der Waals surface area contributed by atoms with Crippen LogP contribution in [-0.4, -0.2) is 36.9 Å². The van der Waals surface area contributed by atoms with Crippen molar-refractivity contribution in [1.29, 1.82) is 0 Å². The average Bonchev–Trinajstić information content (AvgIpc) is 2.51. The van der Waals surface area contributed by atoms with E-state index in [0.29, 0.717) is 19.3 Å². The zero-order chi connectivity index (χ0) is 16.5. The molecule has 126 valence electrons. The maximum absolute atomic E-state index is 11.9. The lowest BCUT2D eigenvalue weighted by Crippen LogP contribution is -2.58. The third-order valence-corrected chi connectivity index (χ3v) is 5.23. The fourth-order valence-corrected chi connectivity index (χ4v) is 3.83. The van der Waals surface area contributed by atoms with E-state index in [4.69, 9.17) is 14.2 Å². The normalized spacial score (nSPS) is 40.5. The second-order valence-corrected chi connectivity index (χ2v) is 6.80. The topological polar surface area (TPSA) is 61.8 Å². The molecule has 2 saturated heterocycles. The van der Waals surface area contributed by atoms with Crippen LogP contribution < -0.4 is 0 Å². The van der Waals surface area contributed by atoms with E-state index in [-0.39, 0.29) is 35.6 Å². The summed E-state index contributed by atoms with van der Waals surface area (Å²) < 4.78 is 17.3. The van der Waals surface area contributed by atoms with Crippen LogP contribution in [0.1, 0.15) is 53.4 Å². The third kappa shape index (κ3) is 3.06. The first kappa shape index (κ1) is 17.4. The van der Waals surface area contributed by atoms with Gasteiger partial charge in [-0.3, -0.25) is 9.59 Å². The number of rotatable bonds is 3. The van der Waals surface area contributed by atoms with Crippen LogP contribution in [0.15, 0.2) is 0 Å². The van der Waals surface area contributed by atoms with Crippen LogP contribution in [0, 0.1) is 17.8 Å². The van der Waals surface area contributed by atoms with Gasteiger partial charge in [0.1, 0.15) is 6.10 Å². The van der Waals surface area contributed by atoms with Crippen LogP contribution in [0.3, 0.4) is 0 Å². The molecule has 1 spiro atoms. The van der Waals surface area contributed by atoms with Crippen molar-refractivity contribution in [2.45, 2.75) is 71.4 Å². The van der Waals surface area contributed by atoms with Gasteiger partial charge in [0.05, 0.1) is 19.1 Å². The quantitative estimate of drug-likeness (QED) is 0.750. The Kier molecular flexibility index (Phi) is 5.28. The Hall–Kier alpha value is -0.940. The molecule has 2 aliphatic heterocycles. The minimum atomic E-state index is -0.742. The first-order valence-corrected chi connectivity index (χ1v) is 8.30. The molecule has 0 bridgehead atoms. The summed E-state index contributed by atoms with van der Waals surface area (Å²) >= 11 is 0. The minimum Gasteiger partial charge on any atom is -0.469 e. The molecule has 0 amide bonds. The Morgan fingerprint density at radius 2 is 2.09 bits per heavy atom. The summed E-state index contributed by atoms with van der Waals surface area (Å²) in [6, 6.07) is 0. The number of Topliss-reactive ketones (excluding diaryl/α,β-unsaturated/α-hetero) is 1. The average molecular weight is 312 g/mol. The van der Waals surface area contributed by atoms with E-state index in [1.807, 2.05) is 13.8 Å². The lowest BCUT2D eigenvalue weighted by Gasteiger charge is -2.51. The molecule has 0 unspecified atom stereocenters. The molecule has 6 atom stereocenters. The predicted octanol–water partition coefficient (Wildman–Crippen LogP) is 2.71. The van der Waals surface area contributed by atoms with Crippen molar-refractivity contribution in [2.24, 2.45) is 17.8 Å². The zero-order valence-electron chi connectivity index (χ0n) is 14.3. The van der Waals surface area contributed by atoms with E-state index >= 15 is 0 Å². The number of hydrogen-bond donors (Lipinski definition) is 0. The molecule has 0 saturated carbocycles. The highest BCUT2D eigenvalue weighted by atomic mass is 16.7. The van der Waals surface area contributed by atoms with E-state index in [2.05, 4.69) is 13.8 Å². The van der Waals surface area contributed by atoms with Gasteiger partial charge in [0.2, 0.25) is 0 Å². The molecule has 2 fully saturated rings. The molecular formula is C17H28O5. The van der Waals surface area contributed by atoms with Gasteiger partial charge in [0.15, 0.2) is 11.6 Å². The van der Waals surface area contributed by atoms with Gasteiger partial charge in [-0.25, -0.2) is 0 Å². The lowest BCUT2D eigenvalue weighted by molar-refractivity contribution is -0.341. The van der Waals surface area contributed by atoms with Gasteiger partial charge < -0.3 is 14.2 Å². The molecule has 2 aliphatic rings. The number of methoxy groups -OCH3 is 1. The van der Waals surface area contributed by atoms with E-state index in [0.717, 1.165) is 6.42 Å². The Labute approximate surface area is 132 Å². The van der Waals surface area contributed by atoms with Crippen molar-refractivity contribution < 1.29 is 23.8 Å². The predicted molar refractivity (Wildman–Crippen MR) is 81.1 cm³/mol. The third-order valence-electron chi connectivity index (χ3n) is 5.23. The Morgan fingerprint density at radius 3 is 2.68 bits per heavy atom. The highest BCUT2D eigenvalue weighted by Crippen LogP contribution is 2.46. The molecular weight excluding hydrogens is 284 g/mol. The van der Waals surface area contributed by atoms with Crippen molar-refractivity contribution in [3.8, 4) is 0 Å². The molecule has 0 aromatic rings. The number of ether oxygens (including phenoxy) is 3. The summed E-state index contributed by atoms with van der Waals surface area (Å²) in [5, 5.41) is 0. The lowest BCUT2D eigenvalue weighted by atomic mass is 9.77. The fraction of sp³-hybridized carbons (Fsp3) is 0.882. The van der Waals surface area contributed by atoms with Gasteiger partial charge in [-0.1, -0.05) is 20.8 Å². The first-order valence-electron chi connectivity index (χ1n) is 8.30. The molecule has 0 radical (unpaired) electrons. The highest BCUT2D eigenvalue weighted by molar-refractivity contribution is 5.83. The van der Waals surface area contributed by atoms with Crippen LogP contribution in [0.5, 0.6) is 0 Å². The van der Waals surface area contributed by atoms with Crippen LogP contribution in [-0.2, 0) is 23.8 Å². The van der Waals surface area contributed by atoms with Gasteiger partial charge in [-0.2, -0.15) is 0 Å². The van der Waals surface area contributed by atoms with Crippen molar-refractivity contribution in [3.05, 3.63) is 0 Å². The molecule has 0 aromatic carbocycles. The smallest absolute Gasteiger partial charge is 0.311 e. The number of esters is 1. The number of carbonyl (C=O) groups excluding carboxylic acids is 2. The Bertz CT molecular complexity index is 435. The molecule has 5 nitrogen and oxygen atoms in total. The molecule has 0 aliphatic carbocycles. The summed E-state index contributed by atoms with van der Waals surface area (Å²) in [6.45, 7) is 7.99. The molecule has 0 aromatic heterocycles. The second-order valence-electron chi connectivity index (χ2n) is 6.80. The molecule has 0 N–H and O–H groups in total. The number of carbonyl (C=O) groups is 2. The van der Waals surface area contributed by atoms with Crippen LogP contribution in [0.2, 0.25) is 0 Å². The molecule has 2 rings (SSSR count). The summed E-state index contributed by atoms with van der Waals surface area (Å²) in [7, 11) is 1.40. The standard InChI is InChI=1S/C17H28O5/c1-6-14-13(18)7-8-17(21-14)11(3)9-10(2)15(22-17)12(4)16(19)20-5/h10-12,14-15H,6-9H2,1-5H3/t10-,11+,12+,14+,15-,17+/m0/s1. The SMILES string of the molecule is CC[C@H]1O[C@]2(CCC1=O)O[C@H]([C@@H](C)C(=O)OC)[C@@H](C)C[C@H]2C. The van der Waals surface area contributed by atoms with Crippen molar-refractivity contribution in [3.63, 3.8) is 0 Å². The fourth-order valence-electron chi connectivity index (χ4n) is 3.83. The maximum atomic E-state index is 11.9. The number of hydrogen-bond acceptors (Lipinski definition) is 5. The van der Waals surface area contributed by atoms with Crippen LogP contribution >= 0.6 is 0 Å². The molecule has 5 heteroatoms. The summed E-state index contributed by atoms with van der Waals surface area (Å²) in [4.78, 5) is 23.8. The van der Waals surface area contributed by atoms with E-state index in [1.165, 1.54) is 7.11 Å². The Morgan fingerprint density at radius 1 is 1.41 bits per heavy atom. The van der Waals surface area contributed by atoms with Gasteiger partial charge in [-0.15, -0.1) is 0 Å². The van der Waals surface area contributed by atoms with Crippen molar-refractivity contribution in [2.75, 3.05) is 7.11 Å². The summed E-state index contributed by atoms with van der Waals surface area (Å²) in [5.74, 6) is -0.748. The van der Waals surface area contributed by atoms with E-state index in [1.54, 1.807) is 0 Å². The second kappa shape index (κ2) is 6.67. The summed E-state index contributed by atoms with van der Waals surface area (Å²) in [6.07, 6.45) is 1.99. The van der Waals surface area contributed by atoms with Crippen molar-refractivity contribution >= 4 is 11.8 Å². The van der Waals surface area contributed by atoms with Gasteiger partial charge in [0, 0.05) is 18.8 Å². The van der Waals surface area contributed by atoms with Gasteiger partial charge in [0.25, 0.3) is 0 Å². The van der Waals surface area contributed by atoms with Crippen LogP contribution in [0.25, 0.3) is 0 Å². The summed E-state index contributed by atoms with van der Waals surface area (Å²) in [5.41, 5.74) is 0. The molecule has 22 heavy (non-hydrogen) atoms. The maximum Gasteiger partial charge on any atom is 0.311 e. The van der Waals surface area contributed by atoms with Gasteiger partial charge in [-0.05, 0) is 25.7 Å².